The summed E-state index contributed by atoms with van der Waals surface area (Å²) in [5, 5.41) is 0. The first-order chi connectivity index (χ1) is 6.20. The van der Waals surface area contributed by atoms with Crippen molar-refractivity contribution in [3.05, 3.63) is 18.4 Å². The number of rotatable bonds is 1. The van der Waals surface area contributed by atoms with Crippen molar-refractivity contribution in [2.75, 3.05) is 0 Å². The molecule has 2 rings (SSSR count). The van der Waals surface area contributed by atoms with Crippen LogP contribution in [0.25, 0.3) is 0 Å². The molecule has 1 unspecified atom stereocenters. The molecule has 0 spiro atoms. The zero-order valence-electron chi connectivity index (χ0n) is 8.69. The second-order valence-corrected chi connectivity index (χ2v) is 4.14. The van der Waals surface area contributed by atoms with Crippen molar-refractivity contribution in [2.45, 2.75) is 26.7 Å². The van der Waals surface area contributed by atoms with Gasteiger partial charge in [0.05, 0.1) is 6.26 Å². The molecule has 3 heteroatoms. The summed E-state index contributed by atoms with van der Waals surface area (Å²) in [7, 11) is 0. The number of allylic oxidation sites excluding steroid dienone is 1. The molecule has 1 aliphatic carbocycles. The van der Waals surface area contributed by atoms with E-state index in [9.17, 15) is 4.79 Å². The fourth-order valence-electron chi connectivity index (χ4n) is 2.45. The van der Waals surface area contributed by atoms with Crippen molar-refractivity contribution in [2.24, 2.45) is 17.8 Å². The fourth-order valence-corrected chi connectivity index (χ4v) is 2.45. The summed E-state index contributed by atoms with van der Waals surface area (Å²) in [5.41, 5.74) is 0.886. The van der Waals surface area contributed by atoms with Crippen LogP contribution in [0.5, 0.6) is 0 Å². The van der Waals surface area contributed by atoms with E-state index in [2.05, 4.69) is 6.92 Å². The first-order valence-corrected chi connectivity index (χ1v) is 4.90. The number of hydrogen-bond acceptors (Lipinski definition) is 2. The normalized spacial score (nSPS) is 35.0. The smallest absolute Gasteiger partial charge is 0.158 e. The van der Waals surface area contributed by atoms with E-state index >= 15 is 0 Å². The van der Waals surface area contributed by atoms with Gasteiger partial charge in [-0.2, -0.15) is 6.61 Å². The molecule has 1 fully saturated rings. The summed E-state index contributed by atoms with van der Waals surface area (Å²) in [6.07, 6.45) is 3.97. The van der Waals surface area contributed by atoms with Crippen LogP contribution >= 0.6 is 0 Å². The molecule has 0 aromatic heterocycles. The van der Waals surface area contributed by atoms with Crippen molar-refractivity contribution >= 4 is 5.78 Å². The van der Waals surface area contributed by atoms with Crippen LogP contribution in [-0.2, 0) is 42.2 Å². The number of Topliss-reactive ketones (excluding diaryl/α,β-unsaturated/α-hetero) is 1. The van der Waals surface area contributed by atoms with Crippen LogP contribution in [0.1, 0.15) is 26.7 Å². The minimum Gasteiger partial charge on any atom is -0.667 e. The summed E-state index contributed by atoms with van der Waals surface area (Å²) in [6, 6.07) is 0. The molecular weight excluding hydrogens is 253 g/mol. The fraction of sp³-hybridized carbons (Fsp3) is 0.636. The average Bonchev–Trinajstić information content (AvgIpc) is 2.48. The minimum absolute atomic E-state index is 0. The molecule has 0 aromatic carbocycles. The summed E-state index contributed by atoms with van der Waals surface area (Å²) < 4.78 is 5.22. The number of ketones is 1. The summed E-state index contributed by atoms with van der Waals surface area (Å²) in [6.45, 7) is 5.75. The Labute approximate surface area is 110 Å². The predicted octanol–water partition coefficient (Wildman–Crippen LogP) is 2.31. The molecule has 2 nitrogen and oxygen atoms in total. The monoisotopic (exact) mass is 268 g/mol. The van der Waals surface area contributed by atoms with E-state index in [1.807, 2.05) is 6.61 Å². The van der Waals surface area contributed by atoms with Gasteiger partial charge in [0.2, 0.25) is 0 Å². The quantitative estimate of drug-likeness (QED) is 0.682. The van der Waals surface area contributed by atoms with Gasteiger partial charge in [-0.25, -0.2) is 0 Å². The number of fused-ring (bicyclic) bond motifs is 1. The van der Waals surface area contributed by atoms with Crippen molar-refractivity contribution in [3.63, 3.8) is 0 Å². The molecular formula is C11H15O2Y-. The van der Waals surface area contributed by atoms with Gasteiger partial charge >= 0.3 is 0 Å². The van der Waals surface area contributed by atoms with Crippen molar-refractivity contribution < 1.29 is 42.2 Å². The number of ether oxygens (including phenoxy) is 1. The molecule has 14 heavy (non-hydrogen) atoms. The zero-order valence-corrected chi connectivity index (χ0v) is 11.5. The molecule has 0 saturated heterocycles. The van der Waals surface area contributed by atoms with Gasteiger partial charge in [-0.3, -0.25) is 4.79 Å². The van der Waals surface area contributed by atoms with E-state index < -0.39 is 0 Å². The largest absolute Gasteiger partial charge is 0.667 e. The van der Waals surface area contributed by atoms with Crippen LogP contribution in [-0.4, -0.2) is 5.78 Å². The maximum atomic E-state index is 11.3. The summed E-state index contributed by atoms with van der Waals surface area (Å²) >= 11 is 0. The number of hydrogen-bond donors (Lipinski definition) is 0. The maximum absolute atomic E-state index is 11.3. The molecule has 0 amide bonds. The second kappa shape index (κ2) is 4.89. The van der Waals surface area contributed by atoms with Crippen LogP contribution in [0, 0.1) is 24.4 Å². The Balaban J connectivity index is 0.000000980. The zero-order chi connectivity index (χ0) is 9.42. The standard InChI is InChI=1S/C11H15O2.Y/c1-7-3-4-9-10(7)5-13-6-11(9)8(2)12;/h5-7,9-10H,3-4H2,1-2H3;/q-1;/t7?,9-,10+;/m0./s1. The van der Waals surface area contributed by atoms with E-state index in [4.69, 9.17) is 4.74 Å². The minimum atomic E-state index is 0. The molecule has 2 aliphatic rings. The Hall–Kier alpha value is 0.314. The Bertz CT molecular complexity index is 260. The number of carbonyl (C=O) groups is 1. The third-order valence-electron chi connectivity index (χ3n) is 3.29. The van der Waals surface area contributed by atoms with Gasteiger partial charge in [-0.05, 0) is 19.3 Å². The van der Waals surface area contributed by atoms with E-state index in [-0.39, 0.29) is 38.5 Å². The molecule has 0 bridgehead atoms. The predicted molar refractivity (Wildman–Crippen MR) is 49.5 cm³/mol. The van der Waals surface area contributed by atoms with Gasteiger partial charge in [0.15, 0.2) is 5.78 Å². The van der Waals surface area contributed by atoms with E-state index in [1.54, 1.807) is 13.2 Å². The van der Waals surface area contributed by atoms with Crippen molar-refractivity contribution in [3.8, 4) is 0 Å². The molecule has 3 atom stereocenters. The molecule has 0 N–H and O–H groups in total. The van der Waals surface area contributed by atoms with Crippen LogP contribution in [0.3, 0.4) is 0 Å². The Morgan fingerprint density at radius 3 is 2.93 bits per heavy atom. The van der Waals surface area contributed by atoms with Gasteiger partial charge < -0.3 is 4.74 Å². The SMILES string of the molecule is CC(=O)C1=CO[CH-][C@@H]2C(C)CC[C@H]12.[Y]. The van der Waals surface area contributed by atoms with Crippen molar-refractivity contribution in [1.29, 1.82) is 0 Å². The molecule has 1 radical (unpaired) electrons. The third kappa shape index (κ3) is 2.11. The Kier molecular flexibility index (Phi) is 4.33. The van der Waals surface area contributed by atoms with Gasteiger partial charge in [-0.1, -0.05) is 19.3 Å². The molecule has 1 heterocycles. The first kappa shape index (κ1) is 12.4. The van der Waals surface area contributed by atoms with Crippen LogP contribution < -0.4 is 0 Å². The van der Waals surface area contributed by atoms with Gasteiger partial charge in [0.25, 0.3) is 0 Å². The van der Waals surface area contributed by atoms with Gasteiger partial charge in [0.1, 0.15) is 0 Å². The topological polar surface area (TPSA) is 26.3 Å². The van der Waals surface area contributed by atoms with Crippen LogP contribution in [0.2, 0.25) is 0 Å². The number of carbonyl (C=O) groups excluding carboxylic acids is 1. The maximum Gasteiger partial charge on any atom is 0.158 e. The molecule has 0 aromatic rings. The first-order valence-electron chi connectivity index (χ1n) is 4.90. The third-order valence-corrected chi connectivity index (χ3v) is 3.29. The van der Waals surface area contributed by atoms with Crippen LogP contribution in [0.4, 0.5) is 0 Å². The van der Waals surface area contributed by atoms with E-state index in [1.165, 1.54) is 6.42 Å². The van der Waals surface area contributed by atoms with Gasteiger partial charge in [-0.15, -0.1) is 5.92 Å². The van der Waals surface area contributed by atoms with Crippen molar-refractivity contribution in [1.82, 2.24) is 0 Å². The van der Waals surface area contributed by atoms with E-state index in [0.29, 0.717) is 17.8 Å². The Morgan fingerprint density at radius 2 is 2.29 bits per heavy atom. The Morgan fingerprint density at radius 1 is 1.57 bits per heavy atom. The summed E-state index contributed by atoms with van der Waals surface area (Å²) in [4.78, 5) is 11.3. The molecule has 1 aliphatic heterocycles. The van der Waals surface area contributed by atoms with Gasteiger partial charge in [0, 0.05) is 38.3 Å². The van der Waals surface area contributed by atoms with E-state index in [0.717, 1.165) is 12.0 Å². The van der Waals surface area contributed by atoms with Crippen LogP contribution in [0.15, 0.2) is 11.8 Å². The molecule has 75 valence electrons. The summed E-state index contributed by atoms with van der Waals surface area (Å²) in [5.74, 6) is 1.72. The average molecular weight is 268 g/mol. The molecule has 1 saturated carbocycles. The second-order valence-electron chi connectivity index (χ2n) is 4.14.